The number of nitrogens with zero attached hydrogens (tertiary/aromatic N) is 2. The molecule has 136 valence electrons. The zero-order valence-corrected chi connectivity index (χ0v) is 15.1. The molecule has 5 nitrogen and oxygen atoms in total. The molecule has 1 heterocycles. The van der Waals surface area contributed by atoms with E-state index in [1.807, 2.05) is 20.8 Å². The van der Waals surface area contributed by atoms with Crippen LogP contribution in [-0.2, 0) is 16.4 Å². The molecule has 2 aromatic rings. The van der Waals surface area contributed by atoms with Crippen molar-refractivity contribution >= 4 is 35.0 Å². The molecule has 0 unspecified atom stereocenters. The quantitative estimate of drug-likeness (QED) is 0.758. The number of anilines is 1. The molecule has 0 saturated carbocycles. The van der Waals surface area contributed by atoms with Crippen molar-refractivity contribution in [2.24, 2.45) is 0 Å². The smallest absolute Gasteiger partial charge is 0.415 e. The Morgan fingerprint density at radius 2 is 1.96 bits per heavy atom. The summed E-state index contributed by atoms with van der Waals surface area (Å²) < 4.78 is 44.4. The van der Waals surface area contributed by atoms with Gasteiger partial charge in [-0.3, -0.25) is 4.79 Å². The molecule has 1 aromatic carbocycles. The van der Waals surface area contributed by atoms with Crippen LogP contribution >= 0.6 is 23.4 Å². The van der Waals surface area contributed by atoms with Crippen LogP contribution in [0.2, 0.25) is 5.02 Å². The van der Waals surface area contributed by atoms with E-state index >= 15 is 0 Å². The number of benzene rings is 1. The second-order valence-electron chi connectivity index (χ2n) is 6.15. The van der Waals surface area contributed by atoms with Gasteiger partial charge in [0.05, 0.1) is 17.0 Å². The number of alkyl halides is 3. The van der Waals surface area contributed by atoms with E-state index in [0.29, 0.717) is 5.89 Å². The fraction of sp³-hybridized carbons (Fsp3) is 0.400. The Kier molecular flexibility index (Phi) is 5.68. The van der Waals surface area contributed by atoms with Crippen molar-refractivity contribution in [2.75, 3.05) is 11.1 Å². The Morgan fingerprint density at radius 1 is 1.28 bits per heavy atom. The van der Waals surface area contributed by atoms with Gasteiger partial charge in [-0.05, 0) is 18.2 Å². The van der Waals surface area contributed by atoms with Crippen LogP contribution in [0.4, 0.5) is 18.9 Å². The molecule has 0 aliphatic heterocycles. The number of hydrogen-bond donors (Lipinski definition) is 1. The minimum absolute atomic E-state index is 0.0692. The minimum Gasteiger partial charge on any atom is -0.415 e. The van der Waals surface area contributed by atoms with Gasteiger partial charge in [0.2, 0.25) is 11.8 Å². The predicted octanol–water partition coefficient (Wildman–Crippen LogP) is 4.77. The van der Waals surface area contributed by atoms with Gasteiger partial charge in [0.25, 0.3) is 5.22 Å². The van der Waals surface area contributed by atoms with E-state index in [2.05, 4.69) is 15.5 Å². The van der Waals surface area contributed by atoms with Crippen LogP contribution in [0.1, 0.15) is 32.2 Å². The summed E-state index contributed by atoms with van der Waals surface area (Å²) in [4.78, 5) is 11.9. The number of rotatable bonds is 4. The van der Waals surface area contributed by atoms with Gasteiger partial charge >= 0.3 is 6.18 Å². The van der Waals surface area contributed by atoms with Crippen molar-refractivity contribution in [1.82, 2.24) is 10.2 Å². The molecule has 0 aliphatic rings. The number of aromatic nitrogens is 2. The highest BCUT2D eigenvalue weighted by atomic mass is 35.5. The van der Waals surface area contributed by atoms with Gasteiger partial charge in [-0.2, -0.15) is 13.2 Å². The van der Waals surface area contributed by atoms with Crippen molar-refractivity contribution in [3.05, 3.63) is 34.7 Å². The SMILES string of the molecule is CC(C)(C)c1nnc(SCC(=O)Nc2ccc(Cl)cc2C(F)(F)F)o1. The summed E-state index contributed by atoms with van der Waals surface area (Å²) in [6, 6.07) is 3.14. The van der Waals surface area contributed by atoms with Crippen molar-refractivity contribution < 1.29 is 22.4 Å². The maximum atomic E-state index is 13.0. The lowest BCUT2D eigenvalue weighted by Gasteiger charge is -2.13. The van der Waals surface area contributed by atoms with Gasteiger partial charge < -0.3 is 9.73 Å². The Bertz CT molecular complexity index is 772. The monoisotopic (exact) mass is 393 g/mol. The first kappa shape index (κ1) is 19.6. The van der Waals surface area contributed by atoms with E-state index < -0.39 is 17.6 Å². The standard InChI is InChI=1S/C15H15ClF3N3O2S/c1-14(2,3)12-21-22-13(24-12)25-7-11(23)20-10-5-4-8(16)6-9(10)15(17,18)19/h4-6H,7H2,1-3H3,(H,20,23). The molecule has 1 amide bonds. The zero-order valence-electron chi connectivity index (χ0n) is 13.6. The predicted molar refractivity (Wildman–Crippen MR) is 88.8 cm³/mol. The molecule has 0 bridgehead atoms. The summed E-state index contributed by atoms with van der Waals surface area (Å²) in [5.74, 6) is -0.396. The van der Waals surface area contributed by atoms with Gasteiger partial charge in [-0.25, -0.2) is 0 Å². The number of amides is 1. The molecule has 0 spiro atoms. The molecule has 0 radical (unpaired) electrons. The molecule has 10 heteroatoms. The Balaban J connectivity index is 2.03. The largest absolute Gasteiger partial charge is 0.418 e. The lowest BCUT2D eigenvalue weighted by atomic mass is 9.97. The van der Waals surface area contributed by atoms with E-state index in [1.54, 1.807) is 0 Å². The number of carbonyl (C=O) groups is 1. The first-order chi connectivity index (χ1) is 11.5. The Morgan fingerprint density at radius 3 is 2.52 bits per heavy atom. The average molecular weight is 394 g/mol. The number of thioether (sulfide) groups is 1. The summed E-state index contributed by atoms with van der Waals surface area (Å²) in [5, 5.41) is 10.00. The molecule has 1 N–H and O–H groups in total. The third-order valence-electron chi connectivity index (χ3n) is 2.94. The zero-order chi connectivity index (χ0) is 18.8. The van der Waals surface area contributed by atoms with Gasteiger partial charge in [0.1, 0.15) is 0 Å². The maximum absolute atomic E-state index is 13.0. The first-order valence-electron chi connectivity index (χ1n) is 7.10. The molecular weight excluding hydrogens is 379 g/mol. The van der Waals surface area contributed by atoms with Crippen molar-refractivity contribution in [1.29, 1.82) is 0 Å². The van der Waals surface area contributed by atoms with Crippen LogP contribution in [0.25, 0.3) is 0 Å². The number of nitrogens with one attached hydrogen (secondary N) is 1. The summed E-state index contributed by atoms with van der Waals surface area (Å²) in [6.45, 7) is 5.67. The molecule has 2 rings (SSSR count). The summed E-state index contributed by atoms with van der Waals surface area (Å²) in [6.07, 6.45) is -4.63. The Labute approximate surface area is 151 Å². The van der Waals surface area contributed by atoms with E-state index in [1.165, 1.54) is 6.07 Å². The fourth-order valence-electron chi connectivity index (χ4n) is 1.74. The van der Waals surface area contributed by atoms with Crippen molar-refractivity contribution in [3.63, 3.8) is 0 Å². The van der Waals surface area contributed by atoms with Gasteiger partial charge in [-0.1, -0.05) is 44.1 Å². The second-order valence-corrected chi connectivity index (χ2v) is 7.51. The number of hydrogen-bond acceptors (Lipinski definition) is 5. The molecule has 0 saturated heterocycles. The van der Waals surface area contributed by atoms with E-state index in [9.17, 15) is 18.0 Å². The minimum atomic E-state index is -4.63. The fourth-order valence-corrected chi connectivity index (χ4v) is 2.48. The van der Waals surface area contributed by atoms with Crippen LogP contribution in [-0.4, -0.2) is 21.9 Å². The maximum Gasteiger partial charge on any atom is 0.418 e. The molecule has 0 atom stereocenters. The van der Waals surface area contributed by atoms with E-state index in [-0.39, 0.29) is 27.1 Å². The van der Waals surface area contributed by atoms with Gasteiger partial charge in [0.15, 0.2) is 0 Å². The normalized spacial score (nSPS) is 12.3. The molecule has 1 aromatic heterocycles. The third-order valence-corrected chi connectivity index (χ3v) is 3.99. The summed E-state index contributed by atoms with van der Waals surface area (Å²) >= 11 is 6.54. The highest BCUT2D eigenvalue weighted by Crippen LogP contribution is 2.36. The second kappa shape index (κ2) is 7.25. The lowest BCUT2D eigenvalue weighted by molar-refractivity contribution is -0.137. The topological polar surface area (TPSA) is 68.0 Å². The van der Waals surface area contributed by atoms with Crippen LogP contribution in [0.5, 0.6) is 0 Å². The highest BCUT2D eigenvalue weighted by Gasteiger charge is 2.34. The summed E-state index contributed by atoms with van der Waals surface area (Å²) in [5.41, 5.74) is -1.70. The highest BCUT2D eigenvalue weighted by molar-refractivity contribution is 7.99. The van der Waals surface area contributed by atoms with Crippen molar-refractivity contribution in [3.8, 4) is 0 Å². The molecule has 25 heavy (non-hydrogen) atoms. The summed E-state index contributed by atoms with van der Waals surface area (Å²) in [7, 11) is 0. The first-order valence-corrected chi connectivity index (χ1v) is 8.46. The van der Waals surface area contributed by atoms with Crippen LogP contribution in [0.15, 0.2) is 27.8 Å². The number of carbonyl (C=O) groups excluding carboxylic acids is 1. The lowest BCUT2D eigenvalue weighted by Crippen LogP contribution is -2.18. The van der Waals surface area contributed by atoms with E-state index in [0.717, 1.165) is 23.9 Å². The molecule has 0 fully saturated rings. The molecule has 0 aliphatic carbocycles. The third kappa shape index (κ3) is 5.37. The average Bonchev–Trinajstić information content (AvgIpc) is 2.95. The number of halogens is 4. The van der Waals surface area contributed by atoms with Crippen LogP contribution in [0, 0.1) is 0 Å². The van der Waals surface area contributed by atoms with Crippen LogP contribution in [0.3, 0.4) is 0 Å². The molecular formula is C15H15ClF3N3O2S. The van der Waals surface area contributed by atoms with E-state index in [4.69, 9.17) is 16.0 Å². The van der Waals surface area contributed by atoms with Gasteiger partial charge in [0, 0.05) is 10.4 Å². The van der Waals surface area contributed by atoms with Crippen molar-refractivity contribution in [2.45, 2.75) is 37.6 Å². The Hall–Kier alpha value is -1.74. The van der Waals surface area contributed by atoms with Gasteiger partial charge in [-0.15, -0.1) is 10.2 Å². The van der Waals surface area contributed by atoms with Crippen LogP contribution < -0.4 is 5.32 Å².